The SMILES string of the molecule is NN/N=C(\N)c1c(-c2cccc3[nH]c(N)nc23)ccc(S(=O)(=O)C2CCN(C(N)=O)CC2)c1S(N)(=O)=O. The summed E-state index contributed by atoms with van der Waals surface area (Å²) in [4.78, 5) is 18.6. The number of nitrogens with zero attached hydrogens (tertiary/aromatic N) is 3. The van der Waals surface area contributed by atoms with Crippen LogP contribution in [0.15, 0.2) is 45.2 Å². The molecule has 1 aliphatic rings. The van der Waals surface area contributed by atoms with Gasteiger partial charge in [-0.25, -0.2) is 43.1 Å². The van der Waals surface area contributed by atoms with E-state index in [-0.39, 0.29) is 43.0 Å². The topological polar surface area (TPSA) is 272 Å². The molecule has 15 nitrogen and oxygen atoms in total. The second kappa shape index (κ2) is 9.51. The number of anilines is 1. The monoisotopic (exact) mass is 550 g/mol. The number of likely N-dealkylation sites (tertiary alicyclic amines) is 1. The lowest BCUT2D eigenvalue weighted by Crippen LogP contribution is -2.45. The molecule has 0 bridgehead atoms. The number of hydrazine groups is 1. The van der Waals surface area contributed by atoms with E-state index in [0.29, 0.717) is 16.6 Å². The van der Waals surface area contributed by atoms with Crippen molar-refractivity contribution in [3.05, 3.63) is 35.9 Å². The Labute approximate surface area is 212 Å². The van der Waals surface area contributed by atoms with Gasteiger partial charge in [0, 0.05) is 24.2 Å². The van der Waals surface area contributed by atoms with E-state index in [0.717, 1.165) is 6.07 Å². The lowest BCUT2D eigenvalue weighted by Gasteiger charge is -2.31. The number of amides is 2. The molecule has 37 heavy (non-hydrogen) atoms. The van der Waals surface area contributed by atoms with Crippen molar-refractivity contribution in [1.82, 2.24) is 20.4 Å². The van der Waals surface area contributed by atoms with Gasteiger partial charge < -0.3 is 27.1 Å². The van der Waals surface area contributed by atoms with Crippen LogP contribution in [0, 0.1) is 0 Å². The van der Waals surface area contributed by atoms with E-state index >= 15 is 0 Å². The van der Waals surface area contributed by atoms with Crippen LogP contribution in [0.3, 0.4) is 0 Å². The summed E-state index contributed by atoms with van der Waals surface area (Å²) in [6.45, 7) is 0.191. The van der Waals surface area contributed by atoms with Crippen LogP contribution in [-0.4, -0.2) is 61.9 Å². The first-order chi connectivity index (χ1) is 17.4. The molecule has 1 aromatic heterocycles. The van der Waals surface area contributed by atoms with E-state index in [4.69, 9.17) is 28.2 Å². The molecular weight excluding hydrogens is 524 g/mol. The minimum Gasteiger partial charge on any atom is -0.382 e. The average molecular weight is 551 g/mol. The number of aromatic amines is 1. The number of carbonyl (C=O) groups is 1. The van der Waals surface area contributed by atoms with Crippen molar-refractivity contribution < 1.29 is 21.6 Å². The number of H-pyrrole nitrogens is 1. The van der Waals surface area contributed by atoms with Crippen LogP contribution in [0.5, 0.6) is 0 Å². The van der Waals surface area contributed by atoms with Crippen molar-refractivity contribution >= 4 is 48.7 Å². The number of sulfonamides is 1. The van der Waals surface area contributed by atoms with Gasteiger partial charge in [0.25, 0.3) is 0 Å². The number of fused-ring (bicyclic) bond motifs is 1. The molecule has 2 heterocycles. The Morgan fingerprint density at radius 2 is 1.76 bits per heavy atom. The summed E-state index contributed by atoms with van der Waals surface area (Å²) >= 11 is 0. The van der Waals surface area contributed by atoms with Crippen LogP contribution in [0.2, 0.25) is 0 Å². The van der Waals surface area contributed by atoms with E-state index in [9.17, 15) is 21.6 Å². The molecule has 0 aliphatic carbocycles. The number of nitrogens with one attached hydrogen (secondary N) is 2. The Balaban J connectivity index is 2.00. The number of aromatic nitrogens is 2. The van der Waals surface area contributed by atoms with Crippen molar-refractivity contribution in [3.8, 4) is 11.1 Å². The van der Waals surface area contributed by atoms with Crippen LogP contribution in [0.1, 0.15) is 18.4 Å². The molecule has 0 saturated carbocycles. The maximum atomic E-state index is 13.7. The first-order valence-electron chi connectivity index (χ1n) is 10.9. The fourth-order valence-electron chi connectivity index (χ4n) is 4.51. The summed E-state index contributed by atoms with van der Waals surface area (Å²) < 4.78 is 53.3. The van der Waals surface area contributed by atoms with Gasteiger partial charge in [-0.05, 0) is 30.5 Å². The van der Waals surface area contributed by atoms with Gasteiger partial charge in [-0.1, -0.05) is 18.2 Å². The third-order valence-electron chi connectivity index (χ3n) is 6.17. The number of piperidine rings is 1. The summed E-state index contributed by atoms with van der Waals surface area (Å²) in [5, 5.41) is 8.28. The van der Waals surface area contributed by atoms with Crippen molar-refractivity contribution in [2.24, 2.45) is 27.6 Å². The molecule has 0 spiro atoms. The highest BCUT2D eigenvalue weighted by atomic mass is 32.2. The zero-order valence-corrected chi connectivity index (χ0v) is 21.0. The average Bonchev–Trinajstić information content (AvgIpc) is 3.23. The molecule has 4 rings (SSSR count). The highest BCUT2D eigenvalue weighted by molar-refractivity contribution is 7.94. The molecule has 198 valence electrons. The van der Waals surface area contributed by atoms with Gasteiger partial charge in [0.05, 0.1) is 21.2 Å². The fraction of sp³-hybridized carbons (Fsp3) is 0.250. The summed E-state index contributed by atoms with van der Waals surface area (Å²) in [5.41, 5.74) is 20.4. The van der Waals surface area contributed by atoms with E-state index in [1.165, 1.54) is 11.0 Å². The molecule has 2 aromatic carbocycles. The molecule has 1 aliphatic heterocycles. The third kappa shape index (κ3) is 4.76. The molecule has 1 saturated heterocycles. The minimum absolute atomic E-state index is 0.0478. The molecule has 2 amide bonds. The zero-order valence-electron chi connectivity index (χ0n) is 19.4. The predicted octanol–water partition coefficient (Wildman–Crippen LogP) is -1.14. The second-order valence-electron chi connectivity index (χ2n) is 8.38. The molecule has 3 aromatic rings. The summed E-state index contributed by atoms with van der Waals surface area (Å²) in [6, 6.07) is 6.89. The molecule has 1 fully saturated rings. The summed E-state index contributed by atoms with van der Waals surface area (Å²) in [7, 11) is -8.97. The first-order valence-corrected chi connectivity index (χ1v) is 14.0. The normalized spacial score (nSPS) is 15.7. The van der Waals surface area contributed by atoms with Crippen LogP contribution < -0.4 is 33.7 Å². The number of rotatable bonds is 6. The number of nitrogens with two attached hydrogens (primary N) is 5. The standard InChI is InChI=1S/C20H26N10O5S2/c21-18(28-29-24)15-11(12-2-1-3-13-16(12)27-19(22)26-13)4-5-14(17(15)37(25,34)35)36(32,33)10-6-8-30(9-7-10)20(23)31/h1-5,10,29H,6-9,24H2,(H2,21,28)(H2,23,31)(H3,22,26,27)(H2,25,34,35). The molecular formula is C20H26N10O5S2. The summed E-state index contributed by atoms with van der Waals surface area (Å²) in [5.74, 6) is 4.98. The number of primary sulfonamides is 1. The van der Waals surface area contributed by atoms with Crippen LogP contribution >= 0.6 is 0 Å². The smallest absolute Gasteiger partial charge is 0.314 e. The van der Waals surface area contributed by atoms with Crippen molar-refractivity contribution in [3.63, 3.8) is 0 Å². The second-order valence-corrected chi connectivity index (χ2v) is 12.1. The zero-order chi connectivity index (χ0) is 27.1. The van der Waals surface area contributed by atoms with Gasteiger partial charge in [0.15, 0.2) is 21.6 Å². The van der Waals surface area contributed by atoms with E-state index in [1.54, 1.807) is 18.2 Å². The Hall–Kier alpha value is -3.93. The quantitative estimate of drug-likeness (QED) is 0.0838. The number of carbonyl (C=O) groups excluding carboxylic acids is 1. The fourth-order valence-corrected chi connectivity index (χ4v) is 7.86. The number of urea groups is 1. The Morgan fingerprint density at radius 3 is 2.35 bits per heavy atom. The van der Waals surface area contributed by atoms with E-state index in [2.05, 4.69) is 15.1 Å². The maximum absolute atomic E-state index is 13.7. The number of primary amides is 1. The van der Waals surface area contributed by atoms with Gasteiger partial charge in [-0.3, -0.25) is 0 Å². The number of amidine groups is 1. The third-order valence-corrected chi connectivity index (χ3v) is 9.59. The van der Waals surface area contributed by atoms with Crippen molar-refractivity contribution in [1.29, 1.82) is 0 Å². The largest absolute Gasteiger partial charge is 0.382 e. The minimum atomic E-state index is -4.70. The number of benzene rings is 2. The van der Waals surface area contributed by atoms with E-state index in [1.807, 2.05) is 5.53 Å². The number of hydrogen-bond donors (Lipinski definition) is 7. The Morgan fingerprint density at radius 1 is 1.08 bits per heavy atom. The number of hydrogen-bond acceptors (Lipinski definition) is 10. The summed E-state index contributed by atoms with van der Waals surface area (Å²) in [6.07, 6.45) is 0.0956. The molecule has 0 radical (unpaired) electrons. The van der Waals surface area contributed by atoms with Gasteiger partial charge in [-0.15, -0.1) is 5.10 Å². The number of para-hydroxylation sites is 1. The molecule has 17 heteroatoms. The highest BCUT2D eigenvalue weighted by Gasteiger charge is 2.38. The first kappa shape index (κ1) is 26.1. The lowest BCUT2D eigenvalue weighted by molar-refractivity contribution is 0.196. The number of imidazole rings is 1. The Bertz CT molecular complexity index is 1620. The molecule has 0 unspecified atom stereocenters. The predicted molar refractivity (Wildman–Crippen MR) is 137 cm³/mol. The van der Waals surface area contributed by atoms with Crippen molar-refractivity contribution in [2.45, 2.75) is 27.9 Å². The van der Waals surface area contributed by atoms with Crippen LogP contribution in [-0.2, 0) is 19.9 Å². The van der Waals surface area contributed by atoms with Gasteiger partial charge >= 0.3 is 6.03 Å². The number of nitrogen functional groups attached to an aromatic ring is 1. The highest BCUT2D eigenvalue weighted by Crippen LogP contribution is 2.38. The van der Waals surface area contributed by atoms with Crippen LogP contribution in [0.4, 0.5) is 10.7 Å². The van der Waals surface area contributed by atoms with Gasteiger partial charge in [0.1, 0.15) is 4.90 Å². The van der Waals surface area contributed by atoms with Gasteiger partial charge in [0.2, 0.25) is 10.0 Å². The lowest BCUT2D eigenvalue weighted by atomic mass is 9.97. The molecule has 0 atom stereocenters. The number of sulfone groups is 1. The van der Waals surface area contributed by atoms with Gasteiger partial charge in [-0.2, -0.15) is 0 Å². The van der Waals surface area contributed by atoms with Crippen LogP contribution in [0.25, 0.3) is 22.2 Å². The van der Waals surface area contributed by atoms with Crippen molar-refractivity contribution in [2.75, 3.05) is 18.8 Å². The van der Waals surface area contributed by atoms with E-state index < -0.39 is 46.8 Å². The number of hydrazone groups is 1. The molecule has 12 N–H and O–H groups in total. The maximum Gasteiger partial charge on any atom is 0.314 e. The Kier molecular flexibility index (Phi) is 6.72.